The van der Waals surface area contributed by atoms with Gasteiger partial charge in [-0.1, -0.05) is 43.3 Å². The number of rotatable bonds is 9. The van der Waals surface area contributed by atoms with E-state index < -0.39 is 0 Å². The molecule has 186 valence electrons. The van der Waals surface area contributed by atoms with E-state index in [0.29, 0.717) is 19.6 Å². The minimum atomic E-state index is 0.0848. The van der Waals surface area contributed by atoms with Crippen LogP contribution in [0, 0.1) is 13.8 Å². The van der Waals surface area contributed by atoms with Gasteiger partial charge in [-0.25, -0.2) is 4.98 Å². The molecule has 1 aliphatic heterocycles. The number of imidazole rings is 1. The molecule has 0 N–H and O–H groups in total. The van der Waals surface area contributed by atoms with Crippen molar-refractivity contribution in [2.45, 2.75) is 58.9 Å². The zero-order valence-corrected chi connectivity index (χ0v) is 21.5. The van der Waals surface area contributed by atoms with E-state index in [4.69, 9.17) is 9.72 Å². The van der Waals surface area contributed by atoms with Gasteiger partial charge in [0.2, 0.25) is 5.91 Å². The van der Waals surface area contributed by atoms with E-state index >= 15 is 0 Å². The second-order valence-corrected chi connectivity index (χ2v) is 9.80. The maximum absolute atomic E-state index is 13.1. The Bertz CT molecular complexity index is 1370. The molecule has 1 unspecified atom stereocenters. The highest BCUT2D eigenvalue weighted by Gasteiger charge is 2.35. The van der Waals surface area contributed by atoms with Gasteiger partial charge < -0.3 is 14.2 Å². The molecule has 5 nitrogen and oxygen atoms in total. The van der Waals surface area contributed by atoms with Crippen LogP contribution in [0.15, 0.2) is 66.7 Å². The molecule has 0 spiro atoms. The first-order chi connectivity index (χ1) is 17.5. The molecule has 4 aromatic rings. The summed E-state index contributed by atoms with van der Waals surface area (Å²) in [6.07, 6.45) is 3.35. The van der Waals surface area contributed by atoms with Gasteiger partial charge in [-0.05, 0) is 80.1 Å². The lowest BCUT2D eigenvalue weighted by molar-refractivity contribution is -0.117. The number of nitrogens with zero attached hydrogens (tertiary/aromatic N) is 3. The first-order valence-corrected chi connectivity index (χ1v) is 13.1. The summed E-state index contributed by atoms with van der Waals surface area (Å²) >= 11 is 0. The van der Waals surface area contributed by atoms with E-state index in [1.54, 1.807) is 0 Å². The van der Waals surface area contributed by atoms with Crippen molar-refractivity contribution < 1.29 is 9.53 Å². The van der Waals surface area contributed by atoms with Crippen LogP contribution in [0.25, 0.3) is 11.0 Å². The monoisotopic (exact) mass is 481 g/mol. The van der Waals surface area contributed by atoms with Gasteiger partial charge in [0.05, 0.1) is 17.6 Å². The summed E-state index contributed by atoms with van der Waals surface area (Å²) in [6.45, 7) is 8.60. The maximum atomic E-state index is 13.1. The summed E-state index contributed by atoms with van der Waals surface area (Å²) in [5.74, 6) is 2.22. The SMILES string of the molecule is CCc1ccccc1N1CC(c2nc3ccccc3n2CCCCOc2ccc(C)c(C)c2)CC1=O. The normalized spacial score (nSPS) is 15.7. The molecule has 0 radical (unpaired) electrons. The number of hydrogen-bond acceptors (Lipinski definition) is 3. The highest BCUT2D eigenvalue weighted by Crippen LogP contribution is 2.35. The van der Waals surface area contributed by atoms with Crippen LogP contribution in [0.2, 0.25) is 0 Å². The molecular weight excluding hydrogens is 446 g/mol. The largest absolute Gasteiger partial charge is 0.494 e. The number of fused-ring (bicyclic) bond motifs is 1. The fourth-order valence-electron chi connectivity index (χ4n) is 5.19. The van der Waals surface area contributed by atoms with Crippen LogP contribution in [0.1, 0.15) is 54.6 Å². The Hall–Kier alpha value is -3.60. The number of unbranched alkanes of at least 4 members (excludes halogenated alkanes) is 1. The number of carbonyl (C=O) groups is 1. The van der Waals surface area contributed by atoms with Crippen LogP contribution in [0.4, 0.5) is 5.69 Å². The van der Waals surface area contributed by atoms with Gasteiger partial charge in [0.25, 0.3) is 0 Å². The Kier molecular flexibility index (Phi) is 7.08. The van der Waals surface area contributed by atoms with Gasteiger partial charge in [0, 0.05) is 31.1 Å². The minimum Gasteiger partial charge on any atom is -0.494 e. The third-order valence-electron chi connectivity index (χ3n) is 7.36. The Balaban J connectivity index is 1.30. The third-order valence-corrected chi connectivity index (χ3v) is 7.36. The molecule has 3 aromatic carbocycles. The lowest BCUT2D eigenvalue weighted by Gasteiger charge is -2.20. The van der Waals surface area contributed by atoms with Gasteiger partial charge in [0.1, 0.15) is 11.6 Å². The van der Waals surface area contributed by atoms with E-state index in [2.05, 4.69) is 67.8 Å². The summed E-state index contributed by atoms with van der Waals surface area (Å²) in [7, 11) is 0. The number of aromatic nitrogens is 2. The molecular formula is C31H35N3O2. The van der Waals surface area contributed by atoms with Crippen molar-refractivity contribution in [3.63, 3.8) is 0 Å². The van der Waals surface area contributed by atoms with Gasteiger partial charge in [-0.2, -0.15) is 0 Å². The minimum absolute atomic E-state index is 0.0848. The first-order valence-electron chi connectivity index (χ1n) is 13.1. The van der Waals surface area contributed by atoms with Crippen LogP contribution >= 0.6 is 0 Å². The van der Waals surface area contributed by atoms with Gasteiger partial charge in [-0.3, -0.25) is 4.79 Å². The number of carbonyl (C=O) groups excluding carboxylic acids is 1. The smallest absolute Gasteiger partial charge is 0.227 e. The predicted molar refractivity (Wildman–Crippen MR) is 146 cm³/mol. The molecule has 36 heavy (non-hydrogen) atoms. The number of anilines is 1. The second-order valence-electron chi connectivity index (χ2n) is 9.80. The number of aryl methyl sites for hydroxylation is 4. The maximum Gasteiger partial charge on any atom is 0.227 e. The molecule has 1 saturated heterocycles. The molecule has 5 heteroatoms. The predicted octanol–water partition coefficient (Wildman–Crippen LogP) is 6.60. The average Bonchev–Trinajstić information content (AvgIpc) is 3.46. The number of benzene rings is 3. The van der Waals surface area contributed by atoms with Crippen molar-refractivity contribution in [2.75, 3.05) is 18.1 Å². The molecule has 1 aliphatic rings. The molecule has 5 rings (SSSR count). The van der Waals surface area contributed by atoms with Crippen molar-refractivity contribution in [1.82, 2.24) is 9.55 Å². The van der Waals surface area contributed by atoms with E-state index in [-0.39, 0.29) is 11.8 Å². The Morgan fingerprint density at radius 3 is 2.61 bits per heavy atom. The molecule has 1 atom stereocenters. The Labute approximate surface area is 213 Å². The Morgan fingerprint density at radius 1 is 0.972 bits per heavy atom. The molecule has 0 saturated carbocycles. The number of hydrogen-bond donors (Lipinski definition) is 0. The number of amides is 1. The highest BCUT2D eigenvalue weighted by molar-refractivity contribution is 5.97. The standard InChI is InChI=1S/C31H35N3O2/c1-4-24-11-5-7-13-28(24)34-21-25(20-30(34)35)31-32-27-12-6-8-14-29(27)33(31)17-9-10-18-36-26-16-15-22(2)23(3)19-26/h5-8,11-16,19,25H,4,9-10,17-18,20-21H2,1-3H3. The first kappa shape index (κ1) is 24.1. The summed E-state index contributed by atoms with van der Waals surface area (Å²) < 4.78 is 8.33. The fourth-order valence-corrected chi connectivity index (χ4v) is 5.19. The highest BCUT2D eigenvalue weighted by atomic mass is 16.5. The quantitative estimate of drug-likeness (QED) is 0.253. The summed E-state index contributed by atoms with van der Waals surface area (Å²) in [5.41, 5.74) is 6.93. The number of para-hydroxylation sites is 3. The van der Waals surface area contributed by atoms with E-state index in [0.717, 1.165) is 54.1 Å². The van der Waals surface area contributed by atoms with Crippen molar-refractivity contribution in [1.29, 1.82) is 0 Å². The van der Waals surface area contributed by atoms with E-state index in [1.807, 2.05) is 29.2 Å². The lowest BCUT2D eigenvalue weighted by Crippen LogP contribution is -2.25. The molecule has 1 fully saturated rings. The topological polar surface area (TPSA) is 47.4 Å². The van der Waals surface area contributed by atoms with Crippen molar-refractivity contribution in [2.24, 2.45) is 0 Å². The zero-order chi connectivity index (χ0) is 25.1. The van der Waals surface area contributed by atoms with Crippen LogP contribution in [-0.2, 0) is 17.8 Å². The molecule has 0 aliphatic carbocycles. The van der Waals surface area contributed by atoms with Crippen molar-refractivity contribution in [3.05, 3.63) is 89.2 Å². The summed E-state index contributed by atoms with van der Waals surface area (Å²) in [4.78, 5) is 20.1. The summed E-state index contributed by atoms with van der Waals surface area (Å²) in [5, 5.41) is 0. The molecule has 2 heterocycles. The molecule has 0 bridgehead atoms. The van der Waals surface area contributed by atoms with Gasteiger partial charge in [-0.15, -0.1) is 0 Å². The van der Waals surface area contributed by atoms with E-state index in [9.17, 15) is 4.79 Å². The fraction of sp³-hybridized carbons (Fsp3) is 0.355. The van der Waals surface area contributed by atoms with Crippen molar-refractivity contribution >= 4 is 22.6 Å². The van der Waals surface area contributed by atoms with Gasteiger partial charge >= 0.3 is 0 Å². The zero-order valence-electron chi connectivity index (χ0n) is 21.5. The average molecular weight is 482 g/mol. The lowest BCUT2D eigenvalue weighted by atomic mass is 10.1. The van der Waals surface area contributed by atoms with Crippen LogP contribution in [0.5, 0.6) is 5.75 Å². The van der Waals surface area contributed by atoms with Gasteiger partial charge in [0.15, 0.2) is 0 Å². The summed E-state index contributed by atoms with van der Waals surface area (Å²) in [6, 6.07) is 22.8. The number of ether oxygens (including phenoxy) is 1. The second kappa shape index (κ2) is 10.6. The van der Waals surface area contributed by atoms with Crippen molar-refractivity contribution in [3.8, 4) is 5.75 Å². The molecule has 1 aromatic heterocycles. The van der Waals surface area contributed by atoms with Crippen LogP contribution < -0.4 is 9.64 Å². The van der Waals surface area contributed by atoms with Crippen LogP contribution in [-0.4, -0.2) is 28.6 Å². The molecule has 1 amide bonds. The third kappa shape index (κ3) is 4.88. The Morgan fingerprint density at radius 2 is 1.78 bits per heavy atom. The van der Waals surface area contributed by atoms with E-state index in [1.165, 1.54) is 16.7 Å². The van der Waals surface area contributed by atoms with Crippen LogP contribution in [0.3, 0.4) is 0 Å².